The first-order valence-electron chi connectivity index (χ1n) is 2.83. The highest BCUT2D eigenvalue weighted by molar-refractivity contribution is 7.89. The van der Waals surface area contributed by atoms with Gasteiger partial charge in [0, 0.05) is 0 Å². The van der Waals surface area contributed by atoms with E-state index < -0.39 is 12.1 Å². The van der Waals surface area contributed by atoms with Crippen molar-refractivity contribution < 1.29 is 22.9 Å². The van der Waals surface area contributed by atoms with E-state index in [4.69, 9.17) is 4.18 Å². The lowest BCUT2D eigenvalue weighted by atomic mass is 10.4. The number of rotatable bonds is 5. The Kier molecular flexibility index (Phi) is 6.24. The summed E-state index contributed by atoms with van der Waals surface area (Å²) < 4.78 is 13.4. The Morgan fingerprint density at radius 2 is 2.09 bits per heavy atom. The van der Waals surface area contributed by atoms with Gasteiger partial charge in [0.2, 0.25) is 0 Å². The van der Waals surface area contributed by atoms with Gasteiger partial charge in [-0.3, -0.25) is 4.18 Å². The molecule has 6 heteroatoms. The van der Waals surface area contributed by atoms with E-state index in [2.05, 4.69) is 14.0 Å². The molecule has 0 unspecified atom stereocenters. The van der Waals surface area contributed by atoms with E-state index in [0.717, 1.165) is 0 Å². The Hall–Kier alpha value is -0.300. The quantitative estimate of drug-likeness (QED) is 0.205. The molecule has 0 spiro atoms. The molecule has 0 aromatic carbocycles. The van der Waals surface area contributed by atoms with Crippen molar-refractivity contribution in [3.63, 3.8) is 0 Å². The zero-order valence-electron chi connectivity index (χ0n) is 6.53. The fourth-order valence-corrected chi connectivity index (χ4v) is 0.592. The molecule has 0 N–H and O–H groups in total. The average Bonchev–Trinajstić information content (AvgIpc) is 2.03. The summed E-state index contributed by atoms with van der Waals surface area (Å²) in [5.41, 5.74) is 0. The molecule has 1 atom stereocenters. The van der Waals surface area contributed by atoms with Crippen molar-refractivity contribution in [2.24, 2.45) is 0 Å². The van der Waals surface area contributed by atoms with Crippen LogP contribution < -0.4 is 0 Å². The standard InChI is InChI=1S/C5H10O5S/c1-4(5(6)7-2)9-11-10-8-3/h4H,1-3H3/t4-/m1/s1. The largest absolute Gasteiger partial charge is 0.467 e. The maximum absolute atomic E-state index is 10.6. The van der Waals surface area contributed by atoms with Gasteiger partial charge in [-0.15, -0.1) is 4.33 Å². The maximum atomic E-state index is 10.6. The minimum Gasteiger partial charge on any atom is -0.467 e. The molecule has 0 heterocycles. The van der Waals surface area contributed by atoms with Gasteiger partial charge in [-0.25, -0.2) is 9.68 Å². The van der Waals surface area contributed by atoms with E-state index in [1.165, 1.54) is 21.1 Å². The van der Waals surface area contributed by atoms with E-state index in [-0.39, 0.29) is 0 Å². The highest BCUT2D eigenvalue weighted by Gasteiger charge is 2.14. The molecule has 0 radical (unpaired) electrons. The SMILES string of the molecule is COOSO[C@H](C)C(=O)OC. The predicted molar refractivity (Wildman–Crippen MR) is 38.2 cm³/mol. The molecule has 0 fully saturated rings. The Labute approximate surface area is 69.3 Å². The van der Waals surface area contributed by atoms with Crippen LogP contribution in [0.4, 0.5) is 0 Å². The molecule has 0 saturated heterocycles. The van der Waals surface area contributed by atoms with Gasteiger partial charge < -0.3 is 4.74 Å². The predicted octanol–water partition coefficient (Wildman–Crippen LogP) is 0.706. The van der Waals surface area contributed by atoms with E-state index in [1.54, 1.807) is 0 Å². The normalized spacial score (nSPS) is 12.6. The summed E-state index contributed by atoms with van der Waals surface area (Å²) in [6, 6.07) is 0. The maximum Gasteiger partial charge on any atom is 0.336 e. The third-order valence-electron chi connectivity index (χ3n) is 0.813. The molecule has 11 heavy (non-hydrogen) atoms. The highest BCUT2D eigenvalue weighted by atomic mass is 32.2. The zero-order valence-corrected chi connectivity index (χ0v) is 7.34. The van der Waals surface area contributed by atoms with E-state index in [9.17, 15) is 4.79 Å². The lowest BCUT2D eigenvalue weighted by molar-refractivity contribution is -0.170. The summed E-state index contributed by atoms with van der Waals surface area (Å²) in [5, 5.41) is 0. The molecule has 0 saturated carbocycles. The third kappa shape index (κ3) is 5.02. The van der Waals surface area contributed by atoms with Crippen molar-refractivity contribution in [3.8, 4) is 0 Å². The van der Waals surface area contributed by atoms with Gasteiger partial charge in [-0.2, -0.15) is 0 Å². The van der Waals surface area contributed by atoms with Crippen LogP contribution in [0.2, 0.25) is 0 Å². The minimum absolute atomic E-state index is 0.461. The molecule has 0 aliphatic carbocycles. The van der Waals surface area contributed by atoms with Crippen LogP contribution in [0.25, 0.3) is 0 Å². The zero-order chi connectivity index (χ0) is 8.69. The molecule has 0 amide bonds. The van der Waals surface area contributed by atoms with Crippen LogP contribution >= 0.6 is 12.3 Å². The number of hydrogen-bond donors (Lipinski definition) is 0. The van der Waals surface area contributed by atoms with Crippen molar-refractivity contribution in [1.29, 1.82) is 0 Å². The lowest BCUT2D eigenvalue weighted by Gasteiger charge is -2.06. The molecular weight excluding hydrogens is 172 g/mol. The molecule has 5 nitrogen and oxygen atoms in total. The molecular formula is C5H10O5S. The van der Waals surface area contributed by atoms with Gasteiger partial charge in [0.15, 0.2) is 18.4 Å². The minimum atomic E-state index is -0.667. The second kappa shape index (κ2) is 6.41. The number of carbonyl (C=O) groups excluding carboxylic acids is 1. The average molecular weight is 182 g/mol. The molecule has 0 aliphatic heterocycles. The molecule has 0 bridgehead atoms. The summed E-state index contributed by atoms with van der Waals surface area (Å²) in [6.45, 7) is 1.54. The second-order valence-corrected chi connectivity index (χ2v) is 2.03. The number of methoxy groups -OCH3 is 1. The van der Waals surface area contributed by atoms with Crippen molar-refractivity contribution in [3.05, 3.63) is 0 Å². The smallest absolute Gasteiger partial charge is 0.336 e. The number of esters is 1. The lowest BCUT2D eigenvalue weighted by Crippen LogP contribution is -2.19. The molecule has 0 rings (SSSR count). The summed E-state index contributed by atoms with van der Waals surface area (Å²) in [4.78, 5) is 14.8. The Balaban J connectivity index is 3.36. The van der Waals surface area contributed by atoms with Gasteiger partial charge in [0.05, 0.1) is 14.2 Å². The monoisotopic (exact) mass is 182 g/mol. The first kappa shape index (κ1) is 10.7. The number of carbonyl (C=O) groups is 1. The van der Waals surface area contributed by atoms with Crippen molar-refractivity contribution in [1.82, 2.24) is 0 Å². The van der Waals surface area contributed by atoms with Crippen LogP contribution in [-0.4, -0.2) is 26.3 Å². The first-order chi connectivity index (χ1) is 5.22. The van der Waals surface area contributed by atoms with Gasteiger partial charge in [-0.1, -0.05) is 0 Å². The fraction of sp³-hybridized carbons (Fsp3) is 0.800. The summed E-state index contributed by atoms with van der Waals surface area (Å²) in [5.74, 6) is -0.461. The van der Waals surface area contributed by atoms with Crippen molar-refractivity contribution in [2.75, 3.05) is 14.2 Å². The summed E-state index contributed by atoms with van der Waals surface area (Å²) >= 11 is 0.582. The van der Waals surface area contributed by atoms with Crippen LogP contribution in [0, 0.1) is 0 Å². The third-order valence-corrected chi connectivity index (χ3v) is 1.37. The number of ether oxygens (including phenoxy) is 1. The molecule has 66 valence electrons. The van der Waals surface area contributed by atoms with E-state index in [1.807, 2.05) is 0 Å². The van der Waals surface area contributed by atoms with Crippen LogP contribution in [0.3, 0.4) is 0 Å². The Bertz CT molecular complexity index is 117. The van der Waals surface area contributed by atoms with Gasteiger partial charge in [0.25, 0.3) is 0 Å². The van der Waals surface area contributed by atoms with E-state index >= 15 is 0 Å². The van der Waals surface area contributed by atoms with E-state index in [0.29, 0.717) is 12.3 Å². The first-order valence-corrected chi connectivity index (χ1v) is 3.49. The van der Waals surface area contributed by atoms with Crippen LogP contribution in [-0.2, 0) is 22.9 Å². The second-order valence-electron chi connectivity index (χ2n) is 1.56. The van der Waals surface area contributed by atoms with Crippen LogP contribution in [0.5, 0.6) is 0 Å². The Morgan fingerprint density at radius 3 is 2.55 bits per heavy atom. The van der Waals surface area contributed by atoms with Crippen LogP contribution in [0.15, 0.2) is 0 Å². The summed E-state index contributed by atoms with van der Waals surface area (Å²) in [7, 11) is 2.61. The fourth-order valence-electron chi connectivity index (χ4n) is 0.308. The Morgan fingerprint density at radius 1 is 1.45 bits per heavy atom. The molecule has 0 aromatic rings. The number of hydrogen-bond acceptors (Lipinski definition) is 6. The van der Waals surface area contributed by atoms with Gasteiger partial charge >= 0.3 is 5.97 Å². The summed E-state index contributed by atoms with van der Waals surface area (Å²) in [6.07, 6.45) is -0.667. The van der Waals surface area contributed by atoms with Gasteiger partial charge in [-0.05, 0) is 6.92 Å². The van der Waals surface area contributed by atoms with Crippen molar-refractivity contribution in [2.45, 2.75) is 13.0 Å². The highest BCUT2D eigenvalue weighted by Crippen LogP contribution is 2.09. The van der Waals surface area contributed by atoms with Crippen molar-refractivity contribution >= 4 is 18.3 Å². The topological polar surface area (TPSA) is 54.0 Å². The van der Waals surface area contributed by atoms with Crippen LogP contribution in [0.1, 0.15) is 6.92 Å². The molecule has 0 aliphatic rings. The van der Waals surface area contributed by atoms with Gasteiger partial charge in [0.1, 0.15) is 0 Å². The molecule has 0 aromatic heterocycles.